The number of carbonyl (C=O) groups excluding carboxylic acids is 2. The SMILES string of the molecule is COc1c(O)c(C(C)(C)C)cc(C2(CCC(C)C)OC(=O)CC(=O)O2)c1CCC(C)C. The Morgan fingerprint density at radius 2 is 1.61 bits per heavy atom. The number of ether oxygens (including phenoxy) is 3. The summed E-state index contributed by atoms with van der Waals surface area (Å²) in [6, 6.07) is 1.83. The van der Waals surface area contributed by atoms with Crippen LogP contribution in [0.1, 0.15) is 90.8 Å². The van der Waals surface area contributed by atoms with Crippen molar-refractivity contribution >= 4 is 11.9 Å². The van der Waals surface area contributed by atoms with Crippen LogP contribution < -0.4 is 4.74 Å². The standard InChI is InChI=1S/C25H38O6/c1-15(2)9-10-17-18(13-19(24(5,6)7)22(28)23(17)29-8)25(12-11-16(3)4)30-20(26)14-21(27)31-25/h13,15-16,28H,9-12,14H2,1-8H3. The number of carbonyl (C=O) groups is 2. The zero-order chi connectivity index (χ0) is 23.6. The Morgan fingerprint density at radius 3 is 2.06 bits per heavy atom. The summed E-state index contributed by atoms with van der Waals surface area (Å²) in [6.07, 6.45) is 2.06. The Bertz CT molecular complexity index is 800. The third kappa shape index (κ3) is 5.72. The Morgan fingerprint density at radius 1 is 1.06 bits per heavy atom. The normalized spacial score (nSPS) is 16.5. The number of aromatic hydroxyl groups is 1. The van der Waals surface area contributed by atoms with Crippen molar-refractivity contribution in [3.05, 3.63) is 22.8 Å². The molecule has 0 unspecified atom stereocenters. The second-order valence-electron chi connectivity index (χ2n) is 10.3. The first-order chi connectivity index (χ1) is 14.3. The van der Waals surface area contributed by atoms with Crippen molar-refractivity contribution in [3.63, 3.8) is 0 Å². The van der Waals surface area contributed by atoms with Crippen molar-refractivity contribution < 1.29 is 28.9 Å². The minimum Gasteiger partial charge on any atom is -0.504 e. The first-order valence-electron chi connectivity index (χ1n) is 11.2. The maximum Gasteiger partial charge on any atom is 0.320 e. The van der Waals surface area contributed by atoms with Crippen molar-refractivity contribution in [1.29, 1.82) is 0 Å². The average Bonchev–Trinajstić information content (AvgIpc) is 2.62. The summed E-state index contributed by atoms with van der Waals surface area (Å²) in [7, 11) is 1.52. The lowest BCUT2D eigenvalue weighted by Gasteiger charge is -2.39. The smallest absolute Gasteiger partial charge is 0.320 e. The maximum atomic E-state index is 12.4. The lowest BCUT2D eigenvalue weighted by Crippen LogP contribution is -2.44. The maximum absolute atomic E-state index is 12.4. The molecule has 1 aliphatic heterocycles. The van der Waals surface area contributed by atoms with Gasteiger partial charge in [-0.25, -0.2) is 0 Å². The van der Waals surface area contributed by atoms with Crippen molar-refractivity contribution in [2.24, 2.45) is 11.8 Å². The molecule has 0 spiro atoms. The van der Waals surface area contributed by atoms with Crippen LogP contribution in [-0.2, 0) is 36.7 Å². The fourth-order valence-electron chi connectivity index (χ4n) is 3.90. The van der Waals surface area contributed by atoms with Gasteiger partial charge < -0.3 is 19.3 Å². The summed E-state index contributed by atoms with van der Waals surface area (Å²) in [5.74, 6) is -1.57. The number of methoxy groups -OCH3 is 1. The molecule has 0 radical (unpaired) electrons. The van der Waals surface area contributed by atoms with E-state index in [1.807, 2.05) is 26.8 Å². The summed E-state index contributed by atoms with van der Waals surface area (Å²) in [5.41, 5.74) is 1.54. The topological polar surface area (TPSA) is 82.1 Å². The van der Waals surface area contributed by atoms with Gasteiger partial charge in [0.05, 0.1) is 7.11 Å². The highest BCUT2D eigenvalue weighted by Gasteiger charge is 2.47. The molecular weight excluding hydrogens is 396 g/mol. The van der Waals surface area contributed by atoms with E-state index in [4.69, 9.17) is 14.2 Å². The first kappa shape index (κ1) is 25.0. The molecule has 1 heterocycles. The van der Waals surface area contributed by atoms with Gasteiger partial charge in [0.2, 0.25) is 0 Å². The largest absolute Gasteiger partial charge is 0.504 e. The monoisotopic (exact) mass is 434 g/mol. The number of esters is 2. The van der Waals surface area contributed by atoms with Gasteiger partial charge in [0.15, 0.2) is 11.5 Å². The molecule has 0 aliphatic carbocycles. The zero-order valence-electron chi connectivity index (χ0n) is 20.3. The number of hydrogen-bond donors (Lipinski definition) is 1. The molecule has 6 heteroatoms. The van der Waals surface area contributed by atoms with E-state index in [9.17, 15) is 14.7 Å². The van der Waals surface area contributed by atoms with E-state index in [2.05, 4.69) is 27.7 Å². The fourth-order valence-corrected chi connectivity index (χ4v) is 3.90. The summed E-state index contributed by atoms with van der Waals surface area (Å²) in [6.45, 7) is 14.3. The zero-order valence-corrected chi connectivity index (χ0v) is 20.3. The fraction of sp³-hybridized carbons (Fsp3) is 0.680. The van der Waals surface area contributed by atoms with E-state index < -0.39 is 29.6 Å². The van der Waals surface area contributed by atoms with Gasteiger partial charge in [-0.2, -0.15) is 0 Å². The van der Waals surface area contributed by atoms with E-state index >= 15 is 0 Å². The summed E-state index contributed by atoms with van der Waals surface area (Å²) >= 11 is 0. The van der Waals surface area contributed by atoms with Crippen molar-refractivity contribution in [1.82, 2.24) is 0 Å². The quantitative estimate of drug-likeness (QED) is 0.438. The molecule has 1 aliphatic rings. The molecule has 0 bridgehead atoms. The highest BCUT2D eigenvalue weighted by molar-refractivity contribution is 5.93. The van der Waals surface area contributed by atoms with E-state index in [1.54, 1.807) is 0 Å². The van der Waals surface area contributed by atoms with Gasteiger partial charge >= 0.3 is 11.9 Å². The van der Waals surface area contributed by atoms with Crippen molar-refractivity contribution in [2.45, 2.75) is 91.8 Å². The molecule has 1 fully saturated rings. The summed E-state index contributed by atoms with van der Waals surface area (Å²) in [5, 5.41) is 11.1. The molecule has 174 valence electrons. The molecule has 0 saturated carbocycles. The van der Waals surface area contributed by atoms with Crippen LogP contribution in [0, 0.1) is 11.8 Å². The second-order valence-corrected chi connectivity index (χ2v) is 10.3. The molecule has 1 N–H and O–H groups in total. The van der Waals surface area contributed by atoms with Crippen LogP contribution in [0.5, 0.6) is 11.5 Å². The van der Waals surface area contributed by atoms with Crippen molar-refractivity contribution in [2.75, 3.05) is 7.11 Å². The molecule has 1 aromatic rings. The van der Waals surface area contributed by atoms with Gasteiger partial charge in [-0.3, -0.25) is 9.59 Å². The Kier molecular flexibility index (Phi) is 7.66. The van der Waals surface area contributed by atoms with Gasteiger partial charge in [0, 0.05) is 23.1 Å². The molecule has 0 amide bonds. The van der Waals surface area contributed by atoms with E-state index in [0.717, 1.165) is 6.42 Å². The minimum absolute atomic E-state index is 0.0741. The molecule has 6 nitrogen and oxygen atoms in total. The van der Waals surface area contributed by atoms with Gasteiger partial charge in [-0.15, -0.1) is 0 Å². The second kappa shape index (κ2) is 9.49. The van der Waals surface area contributed by atoms with Crippen LogP contribution in [-0.4, -0.2) is 24.2 Å². The molecule has 31 heavy (non-hydrogen) atoms. The molecule has 2 rings (SSSR count). The highest BCUT2D eigenvalue weighted by Crippen LogP contribution is 2.48. The van der Waals surface area contributed by atoms with Gasteiger partial charge in [0.25, 0.3) is 5.79 Å². The minimum atomic E-state index is -1.52. The molecule has 1 aromatic carbocycles. The Balaban J connectivity index is 2.83. The summed E-state index contributed by atoms with van der Waals surface area (Å²) in [4.78, 5) is 24.8. The van der Waals surface area contributed by atoms with Gasteiger partial charge in [-0.05, 0) is 42.6 Å². The van der Waals surface area contributed by atoms with Crippen LogP contribution in [0.4, 0.5) is 0 Å². The van der Waals surface area contributed by atoms with E-state index in [0.29, 0.717) is 53.5 Å². The van der Waals surface area contributed by atoms with Crippen LogP contribution in [0.3, 0.4) is 0 Å². The number of hydrogen-bond acceptors (Lipinski definition) is 6. The molecular formula is C25H38O6. The van der Waals surface area contributed by atoms with Crippen LogP contribution >= 0.6 is 0 Å². The number of rotatable bonds is 8. The number of phenols is 1. The Labute approximate surface area is 186 Å². The van der Waals surface area contributed by atoms with Gasteiger partial charge in [-0.1, -0.05) is 48.5 Å². The number of benzene rings is 1. The van der Waals surface area contributed by atoms with Crippen LogP contribution in [0.25, 0.3) is 0 Å². The number of phenolic OH excluding ortho intramolecular Hbond substituents is 1. The predicted molar refractivity (Wildman–Crippen MR) is 119 cm³/mol. The third-order valence-electron chi connectivity index (χ3n) is 5.65. The lowest BCUT2D eigenvalue weighted by atomic mass is 9.80. The predicted octanol–water partition coefficient (Wildman–Crippen LogP) is 5.37. The van der Waals surface area contributed by atoms with Crippen LogP contribution in [0.2, 0.25) is 0 Å². The Hall–Kier alpha value is -2.24. The first-order valence-corrected chi connectivity index (χ1v) is 11.2. The highest BCUT2D eigenvalue weighted by atomic mass is 16.7. The van der Waals surface area contributed by atoms with E-state index in [-0.39, 0.29) is 5.75 Å². The lowest BCUT2D eigenvalue weighted by molar-refractivity contribution is -0.253. The van der Waals surface area contributed by atoms with Gasteiger partial charge in [0.1, 0.15) is 6.42 Å². The number of cyclic esters (lactones) is 2. The molecule has 0 aromatic heterocycles. The molecule has 0 atom stereocenters. The van der Waals surface area contributed by atoms with Crippen molar-refractivity contribution in [3.8, 4) is 11.5 Å². The average molecular weight is 435 g/mol. The van der Waals surface area contributed by atoms with E-state index in [1.165, 1.54) is 7.11 Å². The van der Waals surface area contributed by atoms with Crippen LogP contribution in [0.15, 0.2) is 6.07 Å². The summed E-state index contributed by atoms with van der Waals surface area (Å²) < 4.78 is 17.3. The molecule has 1 saturated heterocycles. The third-order valence-corrected chi connectivity index (χ3v) is 5.65.